The summed E-state index contributed by atoms with van der Waals surface area (Å²) in [6, 6.07) is 15.9. The van der Waals surface area contributed by atoms with Crippen molar-refractivity contribution >= 4 is 23.2 Å². The number of carbonyl (C=O) groups is 2. The molecular weight excluding hydrogens is 392 g/mol. The molecule has 0 spiro atoms. The van der Waals surface area contributed by atoms with Crippen molar-refractivity contribution in [3.63, 3.8) is 0 Å². The highest BCUT2D eigenvalue weighted by molar-refractivity contribution is 6.05. The van der Waals surface area contributed by atoms with Crippen molar-refractivity contribution in [1.29, 1.82) is 0 Å². The van der Waals surface area contributed by atoms with Crippen LogP contribution in [0, 0.1) is 5.92 Å². The zero-order valence-corrected chi connectivity index (χ0v) is 17.1. The summed E-state index contributed by atoms with van der Waals surface area (Å²) in [4.78, 5) is 33.1. The molecule has 1 aromatic heterocycles. The third kappa shape index (κ3) is 5.66. The molecule has 1 saturated carbocycles. The lowest BCUT2D eigenvalue weighted by Crippen LogP contribution is -2.24. The zero-order chi connectivity index (χ0) is 21.5. The molecule has 0 radical (unpaired) electrons. The lowest BCUT2D eigenvalue weighted by Gasteiger charge is -2.20. The number of rotatable bonds is 6. The Balaban J connectivity index is 1.36. The monoisotopic (exact) mass is 416 g/mol. The number of amides is 2. The van der Waals surface area contributed by atoms with Gasteiger partial charge in [-0.05, 0) is 61.4 Å². The van der Waals surface area contributed by atoms with Crippen molar-refractivity contribution in [3.05, 3.63) is 72.6 Å². The van der Waals surface area contributed by atoms with Gasteiger partial charge >= 0.3 is 6.01 Å². The maximum atomic E-state index is 12.7. The Morgan fingerprint density at radius 1 is 0.839 bits per heavy atom. The average Bonchev–Trinajstić information content (AvgIpc) is 2.82. The van der Waals surface area contributed by atoms with Crippen LogP contribution in [0.3, 0.4) is 0 Å². The number of ether oxygens (including phenoxy) is 1. The molecule has 0 saturated heterocycles. The van der Waals surface area contributed by atoms with Crippen molar-refractivity contribution in [1.82, 2.24) is 9.97 Å². The maximum Gasteiger partial charge on any atom is 0.321 e. The van der Waals surface area contributed by atoms with Gasteiger partial charge in [-0.2, -0.15) is 0 Å². The molecule has 1 heterocycles. The summed E-state index contributed by atoms with van der Waals surface area (Å²) in [6.07, 6.45) is 8.47. The molecule has 3 aromatic rings. The predicted octanol–water partition coefficient (Wildman–Crippen LogP) is 5.04. The van der Waals surface area contributed by atoms with Gasteiger partial charge in [0.25, 0.3) is 5.91 Å². The molecule has 1 aliphatic carbocycles. The van der Waals surface area contributed by atoms with E-state index in [-0.39, 0.29) is 23.7 Å². The summed E-state index contributed by atoms with van der Waals surface area (Å²) in [5, 5.41) is 5.81. The lowest BCUT2D eigenvalue weighted by molar-refractivity contribution is -0.120. The summed E-state index contributed by atoms with van der Waals surface area (Å²) in [5.41, 5.74) is 1.73. The molecule has 2 N–H and O–H groups in total. The third-order valence-corrected chi connectivity index (χ3v) is 5.23. The highest BCUT2D eigenvalue weighted by Crippen LogP contribution is 2.25. The van der Waals surface area contributed by atoms with E-state index in [4.69, 9.17) is 4.74 Å². The van der Waals surface area contributed by atoms with Crippen LogP contribution in [0.2, 0.25) is 0 Å². The summed E-state index contributed by atoms with van der Waals surface area (Å²) in [7, 11) is 0. The molecule has 0 unspecified atom stereocenters. The number of hydrogen-bond acceptors (Lipinski definition) is 5. The van der Waals surface area contributed by atoms with Gasteiger partial charge in [0.2, 0.25) is 5.91 Å². The fourth-order valence-corrected chi connectivity index (χ4v) is 3.60. The number of carbonyl (C=O) groups excluding carboxylic acids is 2. The van der Waals surface area contributed by atoms with E-state index >= 15 is 0 Å². The van der Waals surface area contributed by atoms with Gasteiger partial charge in [-0.25, -0.2) is 9.97 Å². The lowest BCUT2D eigenvalue weighted by atomic mass is 9.88. The second-order valence-electron chi connectivity index (χ2n) is 7.52. The van der Waals surface area contributed by atoms with E-state index < -0.39 is 0 Å². The predicted molar refractivity (Wildman–Crippen MR) is 118 cm³/mol. The first kappa shape index (κ1) is 20.5. The summed E-state index contributed by atoms with van der Waals surface area (Å²) >= 11 is 0. The first-order valence-corrected chi connectivity index (χ1v) is 10.4. The molecule has 4 rings (SSSR count). The molecule has 0 atom stereocenters. The number of aromatic nitrogens is 2. The number of nitrogens with one attached hydrogen (secondary N) is 2. The smallest absolute Gasteiger partial charge is 0.321 e. The van der Waals surface area contributed by atoms with E-state index in [1.54, 1.807) is 67.0 Å². The van der Waals surface area contributed by atoms with Gasteiger partial charge in [0.1, 0.15) is 5.75 Å². The number of nitrogens with zero attached hydrogens (tertiary/aromatic N) is 2. The van der Waals surface area contributed by atoms with Crippen molar-refractivity contribution in [3.8, 4) is 11.8 Å². The van der Waals surface area contributed by atoms with E-state index in [0.29, 0.717) is 22.7 Å². The van der Waals surface area contributed by atoms with Crippen molar-refractivity contribution in [2.45, 2.75) is 32.1 Å². The zero-order valence-electron chi connectivity index (χ0n) is 17.1. The Hall–Kier alpha value is -3.74. The number of hydrogen-bond donors (Lipinski definition) is 2. The normalized spacial score (nSPS) is 13.9. The van der Waals surface area contributed by atoms with Crippen LogP contribution in [-0.2, 0) is 4.79 Å². The minimum Gasteiger partial charge on any atom is -0.424 e. The summed E-state index contributed by atoms with van der Waals surface area (Å²) < 4.78 is 5.55. The standard InChI is InChI=1S/C24H24N4O3/c29-22(17-6-2-1-3-7-17)28-20-9-4-8-18(16-20)23(30)27-19-10-12-21(13-11-19)31-24-25-14-5-15-26-24/h4-5,8-17H,1-3,6-7H2,(H,27,30)(H,28,29). The SMILES string of the molecule is O=C(Nc1ccc(Oc2ncccn2)cc1)c1cccc(NC(=O)C2CCCCC2)c1. The second kappa shape index (κ2) is 9.84. The molecule has 0 aliphatic heterocycles. The van der Waals surface area contributed by atoms with Crippen LogP contribution in [0.4, 0.5) is 11.4 Å². The Morgan fingerprint density at radius 2 is 1.58 bits per heavy atom. The minimum atomic E-state index is -0.256. The molecule has 7 heteroatoms. The molecule has 2 aromatic carbocycles. The Morgan fingerprint density at radius 3 is 2.32 bits per heavy atom. The number of benzene rings is 2. The molecule has 0 bridgehead atoms. The molecule has 2 amide bonds. The Kier molecular flexibility index (Phi) is 6.52. The largest absolute Gasteiger partial charge is 0.424 e. The van der Waals surface area contributed by atoms with Crippen LogP contribution in [-0.4, -0.2) is 21.8 Å². The van der Waals surface area contributed by atoms with Crippen LogP contribution < -0.4 is 15.4 Å². The van der Waals surface area contributed by atoms with Crippen molar-refractivity contribution in [2.24, 2.45) is 5.92 Å². The first-order chi connectivity index (χ1) is 15.2. The summed E-state index contributed by atoms with van der Waals surface area (Å²) in [5.74, 6) is 0.411. The molecule has 7 nitrogen and oxygen atoms in total. The van der Waals surface area contributed by atoms with E-state index in [1.807, 2.05) is 0 Å². The maximum absolute atomic E-state index is 12.7. The quantitative estimate of drug-likeness (QED) is 0.587. The van der Waals surface area contributed by atoms with Crippen LogP contribution in [0.15, 0.2) is 67.0 Å². The van der Waals surface area contributed by atoms with E-state index in [9.17, 15) is 9.59 Å². The fourth-order valence-electron chi connectivity index (χ4n) is 3.60. The molecule has 1 aliphatic rings. The van der Waals surface area contributed by atoms with Gasteiger partial charge in [-0.1, -0.05) is 25.3 Å². The summed E-state index contributed by atoms with van der Waals surface area (Å²) in [6.45, 7) is 0. The van der Waals surface area contributed by atoms with Gasteiger partial charge in [-0.15, -0.1) is 0 Å². The highest BCUT2D eigenvalue weighted by atomic mass is 16.5. The molecule has 1 fully saturated rings. The van der Waals surface area contributed by atoms with Gasteiger partial charge in [-0.3, -0.25) is 9.59 Å². The Labute approximate surface area is 180 Å². The van der Waals surface area contributed by atoms with Crippen molar-refractivity contribution in [2.75, 3.05) is 10.6 Å². The molecular formula is C24H24N4O3. The van der Waals surface area contributed by atoms with E-state index in [1.165, 1.54) is 6.42 Å². The Bertz CT molecular complexity index is 1030. The average molecular weight is 416 g/mol. The molecule has 158 valence electrons. The van der Waals surface area contributed by atoms with Gasteiger partial charge in [0.05, 0.1) is 0 Å². The minimum absolute atomic E-state index is 0.0373. The van der Waals surface area contributed by atoms with Crippen LogP contribution in [0.1, 0.15) is 42.5 Å². The topological polar surface area (TPSA) is 93.2 Å². The second-order valence-corrected chi connectivity index (χ2v) is 7.52. The number of anilines is 2. The van der Waals surface area contributed by atoms with Crippen LogP contribution in [0.5, 0.6) is 11.8 Å². The van der Waals surface area contributed by atoms with Crippen LogP contribution in [0.25, 0.3) is 0 Å². The van der Waals surface area contributed by atoms with Crippen LogP contribution >= 0.6 is 0 Å². The molecule has 31 heavy (non-hydrogen) atoms. The van der Waals surface area contributed by atoms with Crippen molar-refractivity contribution < 1.29 is 14.3 Å². The van der Waals surface area contributed by atoms with Gasteiger partial charge < -0.3 is 15.4 Å². The fraction of sp³-hybridized carbons (Fsp3) is 0.250. The van der Waals surface area contributed by atoms with Gasteiger partial charge in [0.15, 0.2) is 0 Å². The first-order valence-electron chi connectivity index (χ1n) is 10.4. The van der Waals surface area contributed by atoms with E-state index in [2.05, 4.69) is 20.6 Å². The highest BCUT2D eigenvalue weighted by Gasteiger charge is 2.21. The van der Waals surface area contributed by atoms with Gasteiger partial charge in [0, 0.05) is 35.2 Å². The van der Waals surface area contributed by atoms with E-state index in [0.717, 1.165) is 25.7 Å². The third-order valence-electron chi connectivity index (χ3n) is 5.23.